The van der Waals surface area contributed by atoms with E-state index in [1.54, 1.807) is 0 Å². The molecule has 0 saturated heterocycles. The summed E-state index contributed by atoms with van der Waals surface area (Å²) in [5, 5.41) is 6.70. The molecule has 1 aliphatic rings. The van der Waals surface area contributed by atoms with Gasteiger partial charge in [-0.3, -0.25) is 0 Å². The van der Waals surface area contributed by atoms with Crippen molar-refractivity contribution in [3.05, 3.63) is 11.3 Å². The van der Waals surface area contributed by atoms with Crippen molar-refractivity contribution in [2.75, 3.05) is 24.1 Å². The fraction of sp³-hybridized carbons (Fsp3) is 0.636. The maximum Gasteiger partial charge on any atom is 0.222 e. The quantitative estimate of drug-likeness (QED) is 0.680. The summed E-state index contributed by atoms with van der Waals surface area (Å²) >= 11 is 0. The number of aromatic nitrogens is 2. The lowest BCUT2D eigenvalue weighted by molar-refractivity contribution is 0.708. The fourth-order valence-corrected chi connectivity index (χ4v) is 1.96. The van der Waals surface area contributed by atoms with Gasteiger partial charge < -0.3 is 16.4 Å². The monoisotopic (exact) mass is 221 g/mol. The zero-order valence-corrected chi connectivity index (χ0v) is 9.88. The van der Waals surface area contributed by atoms with Crippen LogP contribution in [-0.4, -0.2) is 29.1 Å². The Kier molecular flexibility index (Phi) is 3.24. The van der Waals surface area contributed by atoms with Crippen LogP contribution in [0.1, 0.15) is 25.1 Å². The van der Waals surface area contributed by atoms with Crippen molar-refractivity contribution in [1.29, 1.82) is 0 Å². The molecule has 1 aromatic heterocycles. The molecule has 2 heterocycles. The number of rotatable bonds is 2. The number of nitrogens with one attached hydrogen (secondary N) is 2. The van der Waals surface area contributed by atoms with E-state index in [9.17, 15) is 0 Å². The highest BCUT2D eigenvalue weighted by atomic mass is 15.1. The van der Waals surface area contributed by atoms with E-state index in [-0.39, 0.29) is 0 Å². The summed E-state index contributed by atoms with van der Waals surface area (Å²) in [4.78, 5) is 8.62. The van der Waals surface area contributed by atoms with Crippen LogP contribution in [0, 0.1) is 0 Å². The summed E-state index contributed by atoms with van der Waals surface area (Å²) in [7, 11) is 0. The van der Waals surface area contributed by atoms with Gasteiger partial charge in [0.25, 0.3) is 0 Å². The van der Waals surface area contributed by atoms with Crippen LogP contribution in [0.3, 0.4) is 0 Å². The smallest absolute Gasteiger partial charge is 0.222 e. The van der Waals surface area contributed by atoms with Gasteiger partial charge >= 0.3 is 0 Å². The predicted molar refractivity (Wildman–Crippen MR) is 65.5 cm³/mol. The van der Waals surface area contributed by atoms with Gasteiger partial charge in [-0.05, 0) is 26.8 Å². The molecule has 0 fully saturated rings. The maximum absolute atomic E-state index is 5.73. The Labute approximate surface area is 95.9 Å². The van der Waals surface area contributed by atoms with Gasteiger partial charge in [0.05, 0.1) is 5.69 Å². The normalized spacial score (nSPS) is 15.7. The van der Waals surface area contributed by atoms with E-state index in [1.807, 2.05) is 0 Å². The van der Waals surface area contributed by atoms with Crippen molar-refractivity contribution >= 4 is 11.8 Å². The second-order valence-electron chi connectivity index (χ2n) is 4.40. The molecule has 16 heavy (non-hydrogen) atoms. The van der Waals surface area contributed by atoms with Crippen LogP contribution in [0.4, 0.5) is 11.8 Å². The number of hydrogen-bond donors (Lipinski definition) is 3. The predicted octanol–water partition coefficient (Wildman–Crippen LogP) is 0.567. The number of nitrogen functional groups attached to an aromatic ring is 1. The molecule has 5 nitrogen and oxygen atoms in total. The number of nitrogens with two attached hydrogens (primary N) is 1. The zero-order chi connectivity index (χ0) is 11.5. The Balaban J connectivity index is 2.38. The molecule has 0 bridgehead atoms. The van der Waals surface area contributed by atoms with E-state index in [0.717, 1.165) is 37.4 Å². The first-order valence-electron chi connectivity index (χ1n) is 5.79. The van der Waals surface area contributed by atoms with Crippen molar-refractivity contribution < 1.29 is 0 Å². The molecule has 0 aliphatic carbocycles. The van der Waals surface area contributed by atoms with Crippen LogP contribution in [0.2, 0.25) is 0 Å². The summed E-state index contributed by atoms with van der Waals surface area (Å²) in [5.74, 6) is 1.27. The third kappa shape index (κ3) is 2.41. The maximum atomic E-state index is 5.73. The number of nitrogens with zero attached hydrogens (tertiary/aromatic N) is 2. The average Bonchev–Trinajstić information content (AvgIpc) is 2.41. The summed E-state index contributed by atoms with van der Waals surface area (Å²) < 4.78 is 0. The lowest BCUT2D eigenvalue weighted by Crippen LogP contribution is -2.17. The van der Waals surface area contributed by atoms with Gasteiger partial charge in [0, 0.05) is 24.6 Å². The first kappa shape index (κ1) is 11.1. The SMILES string of the molecule is CC(C)Nc1nc(N)nc2c1CCNCC2. The molecular formula is C11H19N5. The summed E-state index contributed by atoms with van der Waals surface area (Å²) in [6.45, 7) is 6.14. The van der Waals surface area contributed by atoms with Crippen LogP contribution in [-0.2, 0) is 12.8 Å². The number of anilines is 2. The second kappa shape index (κ2) is 4.65. The Bertz CT molecular complexity index is 375. The van der Waals surface area contributed by atoms with Crippen molar-refractivity contribution in [3.63, 3.8) is 0 Å². The third-order valence-corrected chi connectivity index (χ3v) is 2.63. The Morgan fingerprint density at radius 2 is 2.00 bits per heavy atom. The summed E-state index contributed by atoms with van der Waals surface area (Å²) in [5.41, 5.74) is 8.03. The van der Waals surface area contributed by atoms with Gasteiger partial charge in [0.2, 0.25) is 5.95 Å². The highest BCUT2D eigenvalue weighted by molar-refractivity contribution is 5.50. The van der Waals surface area contributed by atoms with Crippen LogP contribution in [0.5, 0.6) is 0 Å². The Morgan fingerprint density at radius 1 is 1.25 bits per heavy atom. The molecule has 0 spiro atoms. The number of hydrogen-bond acceptors (Lipinski definition) is 5. The van der Waals surface area contributed by atoms with E-state index < -0.39 is 0 Å². The van der Waals surface area contributed by atoms with Crippen molar-refractivity contribution in [2.24, 2.45) is 0 Å². The van der Waals surface area contributed by atoms with Gasteiger partial charge in [0.15, 0.2) is 0 Å². The fourth-order valence-electron chi connectivity index (χ4n) is 1.96. The minimum Gasteiger partial charge on any atom is -0.368 e. The van der Waals surface area contributed by atoms with Crippen molar-refractivity contribution in [3.8, 4) is 0 Å². The van der Waals surface area contributed by atoms with E-state index in [2.05, 4.69) is 34.4 Å². The van der Waals surface area contributed by atoms with Crippen molar-refractivity contribution in [2.45, 2.75) is 32.7 Å². The first-order valence-corrected chi connectivity index (χ1v) is 5.79. The molecule has 0 atom stereocenters. The van der Waals surface area contributed by atoms with Gasteiger partial charge in [-0.15, -0.1) is 0 Å². The third-order valence-electron chi connectivity index (χ3n) is 2.63. The van der Waals surface area contributed by atoms with E-state index in [1.165, 1.54) is 5.56 Å². The lowest BCUT2D eigenvalue weighted by atomic mass is 10.1. The second-order valence-corrected chi connectivity index (χ2v) is 4.40. The minimum atomic E-state index is 0.356. The molecule has 0 amide bonds. The number of fused-ring (bicyclic) bond motifs is 1. The highest BCUT2D eigenvalue weighted by Gasteiger charge is 2.15. The molecule has 0 aromatic carbocycles. The van der Waals surface area contributed by atoms with E-state index >= 15 is 0 Å². The van der Waals surface area contributed by atoms with Gasteiger partial charge in [-0.25, -0.2) is 4.98 Å². The lowest BCUT2D eigenvalue weighted by Gasteiger charge is -2.15. The van der Waals surface area contributed by atoms with Crippen LogP contribution in [0.15, 0.2) is 0 Å². The topological polar surface area (TPSA) is 75.9 Å². The molecule has 0 radical (unpaired) electrons. The summed E-state index contributed by atoms with van der Waals surface area (Å²) in [6, 6.07) is 0.356. The van der Waals surface area contributed by atoms with E-state index in [4.69, 9.17) is 5.73 Å². The van der Waals surface area contributed by atoms with E-state index in [0.29, 0.717) is 12.0 Å². The van der Waals surface area contributed by atoms with Crippen LogP contribution in [0.25, 0.3) is 0 Å². The van der Waals surface area contributed by atoms with Crippen molar-refractivity contribution in [1.82, 2.24) is 15.3 Å². The van der Waals surface area contributed by atoms with Gasteiger partial charge in [-0.2, -0.15) is 4.98 Å². The standard InChI is InChI=1S/C11H19N5/c1-7(2)14-10-8-3-5-13-6-4-9(8)15-11(12)16-10/h7,13H,3-6H2,1-2H3,(H3,12,14,15,16). The zero-order valence-electron chi connectivity index (χ0n) is 9.88. The molecule has 88 valence electrons. The molecule has 5 heteroatoms. The minimum absolute atomic E-state index is 0.356. The summed E-state index contributed by atoms with van der Waals surface area (Å²) in [6.07, 6.45) is 1.89. The van der Waals surface area contributed by atoms with Crippen LogP contribution >= 0.6 is 0 Å². The molecule has 0 unspecified atom stereocenters. The largest absolute Gasteiger partial charge is 0.368 e. The highest BCUT2D eigenvalue weighted by Crippen LogP contribution is 2.20. The molecular weight excluding hydrogens is 202 g/mol. The van der Waals surface area contributed by atoms with Gasteiger partial charge in [0.1, 0.15) is 5.82 Å². The molecule has 0 saturated carbocycles. The Morgan fingerprint density at radius 3 is 2.75 bits per heavy atom. The first-order chi connectivity index (χ1) is 7.66. The van der Waals surface area contributed by atoms with Gasteiger partial charge in [-0.1, -0.05) is 0 Å². The van der Waals surface area contributed by atoms with Crippen LogP contribution < -0.4 is 16.4 Å². The molecule has 1 aromatic rings. The molecule has 1 aliphatic heterocycles. The molecule has 4 N–H and O–H groups in total. The molecule has 2 rings (SSSR count). The average molecular weight is 221 g/mol. The Hall–Kier alpha value is -1.36.